The number of ether oxygens (including phenoxy) is 1. The number of carbonyl (C=O) groups is 2. The number of carbonyl (C=O) groups excluding carboxylic acids is 2. The molecule has 4 rings (SSSR count). The van der Waals surface area contributed by atoms with Crippen LogP contribution in [0.1, 0.15) is 15.9 Å². The van der Waals surface area contributed by atoms with E-state index in [9.17, 15) is 9.59 Å². The Labute approximate surface area is 184 Å². The van der Waals surface area contributed by atoms with Crippen LogP contribution in [-0.2, 0) is 11.2 Å². The normalized spacial score (nSPS) is 10.4. The second kappa shape index (κ2) is 9.52. The number of rotatable bonds is 7. The minimum atomic E-state index is -0.240. The molecule has 0 aliphatic heterocycles. The summed E-state index contributed by atoms with van der Waals surface area (Å²) in [5, 5.41) is 16.7. The zero-order chi connectivity index (χ0) is 22.3. The molecule has 9 heteroatoms. The molecule has 1 aromatic heterocycles. The molecule has 4 aromatic rings. The van der Waals surface area contributed by atoms with Crippen LogP contribution >= 0.6 is 0 Å². The van der Waals surface area contributed by atoms with Crippen LogP contribution in [0.3, 0.4) is 0 Å². The zero-order valence-corrected chi connectivity index (χ0v) is 17.2. The highest BCUT2D eigenvalue weighted by molar-refractivity contribution is 6.04. The summed E-state index contributed by atoms with van der Waals surface area (Å²) in [6.07, 6.45) is 1.72. The van der Waals surface area contributed by atoms with Gasteiger partial charge in [-0.05, 0) is 76.7 Å². The molecule has 0 spiro atoms. The summed E-state index contributed by atoms with van der Waals surface area (Å²) < 4.78 is 6.64. The van der Waals surface area contributed by atoms with Gasteiger partial charge in [-0.1, -0.05) is 12.1 Å². The maximum Gasteiger partial charge on any atom is 0.255 e. The van der Waals surface area contributed by atoms with Gasteiger partial charge in [-0.2, -0.15) is 0 Å². The zero-order valence-electron chi connectivity index (χ0n) is 17.2. The van der Waals surface area contributed by atoms with E-state index in [1.54, 1.807) is 55.6 Å². The third kappa shape index (κ3) is 5.14. The van der Waals surface area contributed by atoms with E-state index < -0.39 is 0 Å². The summed E-state index contributed by atoms with van der Waals surface area (Å²) >= 11 is 0. The molecule has 0 bridgehead atoms. The Bertz CT molecular complexity index is 1190. The Kier molecular flexibility index (Phi) is 6.17. The van der Waals surface area contributed by atoms with Crippen LogP contribution in [0.5, 0.6) is 5.75 Å². The number of aromatic nitrogens is 4. The van der Waals surface area contributed by atoms with Gasteiger partial charge >= 0.3 is 0 Å². The van der Waals surface area contributed by atoms with E-state index in [0.29, 0.717) is 22.7 Å². The van der Waals surface area contributed by atoms with E-state index in [4.69, 9.17) is 4.74 Å². The van der Waals surface area contributed by atoms with Gasteiger partial charge in [0.25, 0.3) is 5.91 Å². The van der Waals surface area contributed by atoms with Crippen LogP contribution in [0.15, 0.2) is 79.1 Å². The molecular weight excluding hydrogens is 408 g/mol. The SMILES string of the molecule is COc1ccc(NC(=O)c2ccc(NC(=O)Cc3ccc(-n4cnnn4)cc3)cc2)cc1. The van der Waals surface area contributed by atoms with Crippen LogP contribution in [0.2, 0.25) is 0 Å². The van der Waals surface area contributed by atoms with Gasteiger partial charge < -0.3 is 15.4 Å². The summed E-state index contributed by atoms with van der Waals surface area (Å²) in [4.78, 5) is 24.8. The number of benzene rings is 3. The standard InChI is InChI=1S/C23H20N6O3/c1-32-21-12-8-19(9-13-21)26-23(31)17-4-6-18(7-5-17)25-22(30)14-16-2-10-20(11-3-16)29-15-24-27-28-29/h2-13,15H,14H2,1H3,(H,25,30)(H,26,31). The molecule has 0 unspecified atom stereocenters. The van der Waals surface area contributed by atoms with E-state index >= 15 is 0 Å². The van der Waals surface area contributed by atoms with Crippen LogP contribution in [-0.4, -0.2) is 39.1 Å². The molecule has 0 saturated carbocycles. The molecule has 0 aliphatic rings. The molecule has 160 valence electrons. The van der Waals surface area contributed by atoms with E-state index in [-0.39, 0.29) is 18.2 Å². The van der Waals surface area contributed by atoms with Crippen molar-refractivity contribution in [1.29, 1.82) is 0 Å². The fourth-order valence-corrected chi connectivity index (χ4v) is 3.02. The van der Waals surface area contributed by atoms with E-state index in [1.165, 1.54) is 11.0 Å². The molecular formula is C23H20N6O3. The number of nitrogens with zero attached hydrogens (tertiary/aromatic N) is 4. The van der Waals surface area contributed by atoms with Gasteiger partial charge in [0.2, 0.25) is 5.91 Å². The summed E-state index contributed by atoms with van der Waals surface area (Å²) in [5.74, 6) is 0.317. The molecule has 3 aromatic carbocycles. The lowest BCUT2D eigenvalue weighted by Gasteiger charge is -2.09. The number of hydrogen-bond acceptors (Lipinski definition) is 6. The number of amides is 2. The highest BCUT2D eigenvalue weighted by Crippen LogP contribution is 2.17. The lowest BCUT2D eigenvalue weighted by Crippen LogP contribution is -2.15. The predicted octanol–water partition coefficient (Wildman–Crippen LogP) is 3.10. The Morgan fingerprint density at radius 3 is 2.16 bits per heavy atom. The van der Waals surface area contributed by atoms with Gasteiger partial charge in [0.1, 0.15) is 12.1 Å². The molecule has 2 N–H and O–H groups in total. The molecule has 1 heterocycles. The minimum Gasteiger partial charge on any atom is -0.497 e. The van der Waals surface area contributed by atoms with Gasteiger partial charge in [-0.15, -0.1) is 5.10 Å². The first-order chi connectivity index (χ1) is 15.6. The Balaban J connectivity index is 1.31. The monoisotopic (exact) mass is 428 g/mol. The van der Waals surface area contributed by atoms with Crippen LogP contribution in [0, 0.1) is 0 Å². The summed E-state index contributed by atoms with van der Waals surface area (Å²) in [5.41, 5.74) is 3.43. The van der Waals surface area contributed by atoms with Crippen molar-refractivity contribution in [2.24, 2.45) is 0 Å². The quantitative estimate of drug-likeness (QED) is 0.468. The molecule has 9 nitrogen and oxygen atoms in total. The molecule has 0 radical (unpaired) electrons. The molecule has 32 heavy (non-hydrogen) atoms. The lowest BCUT2D eigenvalue weighted by molar-refractivity contribution is -0.115. The van der Waals surface area contributed by atoms with Crippen molar-refractivity contribution in [2.75, 3.05) is 17.7 Å². The summed E-state index contributed by atoms with van der Waals surface area (Å²) in [6.45, 7) is 0. The lowest BCUT2D eigenvalue weighted by atomic mass is 10.1. The fraction of sp³-hybridized carbons (Fsp3) is 0.0870. The van der Waals surface area contributed by atoms with Crippen molar-refractivity contribution in [1.82, 2.24) is 20.2 Å². The molecule has 0 atom stereocenters. The van der Waals surface area contributed by atoms with Crippen molar-refractivity contribution in [3.63, 3.8) is 0 Å². The number of methoxy groups -OCH3 is 1. The number of tetrazole rings is 1. The summed E-state index contributed by atoms with van der Waals surface area (Å²) in [6, 6.07) is 21.2. The number of hydrogen-bond donors (Lipinski definition) is 2. The second-order valence-electron chi connectivity index (χ2n) is 6.91. The summed E-state index contributed by atoms with van der Waals surface area (Å²) in [7, 11) is 1.59. The van der Waals surface area contributed by atoms with Gasteiger partial charge in [-0.25, -0.2) is 4.68 Å². The Hall–Kier alpha value is -4.53. The van der Waals surface area contributed by atoms with Crippen LogP contribution < -0.4 is 15.4 Å². The third-order valence-electron chi connectivity index (χ3n) is 4.69. The largest absolute Gasteiger partial charge is 0.497 e. The van der Waals surface area contributed by atoms with Gasteiger partial charge in [0.15, 0.2) is 0 Å². The molecule has 0 aliphatic carbocycles. The number of anilines is 2. The first-order valence-corrected chi connectivity index (χ1v) is 9.78. The maximum atomic E-state index is 12.4. The van der Waals surface area contributed by atoms with E-state index in [1.807, 2.05) is 24.3 Å². The van der Waals surface area contributed by atoms with Gasteiger partial charge in [0.05, 0.1) is 19.2 Å². The molecule has 0 saturated heterocycles. The third-order valence-corrected chi connectivity index (χ3v) is 4.69. The fourth-order valence-electron chi connectivity index (χ4n) is 3.02. The van der Waals surface area contributed by atoms with Gasteiger partial charge in [-0.3, -0.25) is 9.59 Å². The average molecular weight is 428 g/mol. The first-order valence-electron chi connectivity index (χ1n) is 9.78. The van der Waals surface area contributed by atoms with Crippen molar-refractivity contribution < 1.29 is 14.3 Å². The first kappa shape index (κ1) is 20.7. The van der Waals surface area contributed by atoms with Crippen LogP contribution in [0.25, 0.3) is 5.69 Å². The van der Waals surface area contributed by atoms with Crippen molar-refractivity contribution in [3.05, 3.63) is 90.3 Å². The smallest absolute Gasteiger partial charge is 0.255 e. The minimum absolute atomic E-state index is 0.157. The van der Waals surface area contributed by atoms with Crippen molar-refractivity contribution in [2.45, 2.75) is 6.42 Å². The van der Waals surface area contributed by atoms with E-state index in [2.05, 4.69) is 26.2 Å². The van der Waals surface area contributed by atoms with E-state index in [0.717, 1.165) is 11.3 Å². The average Bonchev–Trinajstić information content (AvgIpc) is 3.35. The number of nitrogens with one attached hydrogen (secondary N) is 2. The van der Waals surface area contributed by atoms with Crippen LogP contribution in [0.4, 0.5) is 11.4 Å². The van der Waals surface area contributed by atoms with Gasteiger partial charge in [0, 0.05) is 16.9 Å². The molecule has 0 fully saturated rings. The molecule has 2 amide bonds. The predicted molar refractivity (Wildman–Crippen MR) is 119 cm³/mol. The highest BCUT2D eigenvalue weighted by Gasteiger charge is 2.09. The second-order valence-corrected chi connectivity index (χ2v) is 6.91. The Morgan fingerprint density at radius 1 is 0.875 bits per heavy atom. The van der Waals surface area contributed by atoms with Crippen molar-refractivity contribution in [3.8, 4) is 11.4 Å². The highest BCUT2D eigenvalue weighted by atomic mass is 16.5. The maximum absolute atomic E-state index is 12.4. The Morgan fingerprint density at radius 2 is 1.53 bits per heavy atom. The topological polar surface area (TPSA) is 111 Å². The van der Waals surface area contributed by atoms with Crippen molar-refractivity contribution >= 4 is 23.2 Å².